The van der Waals surface area contributed by atoms with Gasteiger partial charge in [0.25, 0.3) is 0 Å². The first-order chi connectivity index (χ1) is 16.6. The van der Waals surface area contributed by atoms with Gasteiger partial charge in [-0.1, -0.05) is 18.2 Å². The number of methoxy groups -OCH3 is 2. The maximum absolute atomic E-state index is 12.1. The van der Waals surface area contributed by atoms with E-state index in [-0.39, 0.29) is 19.2 Å². The van der Waals surface area contributed by atoms with E-state index in [1.54, 1.807) is 39.4 Å². The molecule has 0 aromatic heterocycles. The van der Waals surface area contributed by atoms with Crippen molar-refractivity contribution >= 4 is 12.0 Å². The molecule has 8 heteroatoms. The molecule has 34 heavy (non-hydrogen) atoms. The van der Waals surface area contributed by atoms with Gasteiger partial charge < -0.3 is 33.2 Å². The highest BCUT2D eigenvalue weighted by Gasteiger charge is 2.13. The molecule has 0 aliphatic carbocycles. The van der Waals surface area contributed by atoms with Crippen molar-refractivity contribution in [1.29, 1.82) is 0 Å². The molecular weight excluding hydrogens is 440 g/mol. The zero-order valence-corrected chi connectivity index (χ0v) is 20.3. The van der Waals surface area contributed by atoms with E-state index in [2.05, 4.69) is 0 Å². The summed E-state index contributed by atoms with van der Waals surface area (Å²) in [6.45, 7) is 5.88. The van der Waals surface area contributed by atoms with E-state index in [9.17, 15) is 4.79 Å². The monoisotopic (exact) mass is 474 g/mol. The Labute approximate surface area is 201 Å². The van der Waals surface area contributed by atoms with Crippen LogP contribution in [0.1, 0.15) is 25.0 Å². The van der Waals surface area contributed by atoms with E-state index in [0.717, 1.165) is 16.9 Å². The fraction of sp³-hybridized carbons (Fsp3) is 0.423. The molecule has 0 aliphatic rings. The van der Waals surface area contributed by atoms with Gasteiger partial charge >= 0.3 is 5.97 Å². The highest BCUT2D eigenvalue weighted by Crippen LogP contribution is 2.29. The number of carbonyl (C=O) groups is 1. The van der Waals surface area contributed by atoms with Crippen LogP contribution in [0, 0.1) is 0 Å². The van der Waals surface area contributed by atoms with Crippen molar-refractivity contribution < 1.29 is 38.0 Å². The van der Waals surface area contributed by atoms with E-state index in [4.69, 9.17) is 33.2 Å². The number of hydrogen-bond donors (Lipinski definition) is 0. The molecule has 0 fully saturated rings. The molecule has 0 heterocycles. The lowest BCUT2D eigenvalue weighted by Crippen LogP contribution is -2.10. The van der Waals surface area contributed by atoms with E-state index in [1.807, 2.05) is 37.3 Å². The fourth-order valence-corrected chi connectivity index (χ4v) is 2.90. The molecule has 0 atom stereocenters. The van der Waals surface area contributed by atoms with Gasteiger partial charge in [-0.2, -0.15) is 0 Å². The number of rotatable bonds is 16. The molecule has 2 aromatic carbocycles. The Morgan fingerprint density at radius 1 is 0.853 bits per heavy atom. The second-order valence-electron chi connectivity index (χ2n) is 6.98. The predicted molar refractivity (Wildman–Crippen MR) is 128 cm³/mol. The van der Waals surface area contributed by atoms with Crippen molar-refractivity contribution in [3.05, 3.63) is 59.4 Å². The van der Waals surface area contributed by atoms with Crippen LogP contribution in [0.15, 0.2) is 48.2 Å². The minimum Gasteiger partial charge on any atom is -0.493 e. The third-order valence-electron chi connectivity index (χ3n) is 4.57. The van der Waals surface area contributed by atoms with Gasteiger partial charge in [0, 0.05) is 13.5 Å². The molecule has 0 N–H and O–H groups in total. The molecule has 0 bridgehead atoms. The van der Waals surface area contributed by atoms with Crippen LogP contribution in [0.2, 0.25) is 0 Å². The van der Waals surface area contributed by atoms with E-state index in [0.29, 0.717) is 44.3 Å². The van der Waals surface area contributed by atoms with Crippen LogP contribution in [-0.4, -0.2) is 60.0 Å². The Morgan fingerprint density at radius 2 is 1.62 bits per heavy atom. The van der Waals surface area contributed by atoms with Gasteiger partial charge in [-0.15, -0.1) is 0 Å². The number of benzene rings is 2. The summed E-state index contributed by atoms with van der Waals surface area (Å²) in [5.74, 6) is 1.56. The molecule has 0 unspecified atom stereocenters. The quantitative estimate of drug-likeness (QED) is 0.117. The van der Waals surface area contributed by atoms with E-state index < -0.39 is 5.97 Å². The molecule has 2 aromatic rings. The molecule has 2 rings (SSSR count). The van der Waals surface area contributed by atoms with Crippen molar-refractivity contribution in [2.45, 2.75) is 20.3 Å². The lowest BCUT2D eigenvalue weighted by atomic mass is 10.1. The molecular formula is C26H34O8. The van der Waals surface area contributed by atoms with Crippen molar-refractivity contribution in [3.8, 4) is 17.2 Å². The molecule has 0 spiro atoms. The average Bonchev–Trinajstić information content (AvgIpc) is 2.85. The SMILES string of the molecule is CCOC(=O)/C(=C/c1ccc(OCCc2ccc(OCOCCOC)cc2)c(OC)c1)OCC. The number of hydrogen-bond acceptors (Lipinski definition) is 8. The van der Waals surface area contributed by atoms with Gasteiger partial charge in [0.15, 0.2) is 18.3 Å². The average molecular weight is 475 g/mol. The van der Waals surface area contributed by atoms with Gasteiger partial charge in [-0.05, 0) is 55.3 Å². The molecule has 0 radical (unpaired) electrons. The standard InChI is InChI=1S/C26H34O8/c1-5-31-25(26(27)32-6-2)18-21-9-12-23(24(17-21)29-4)33-14-13-20-7-10-22(11-8-20)34-19-30-16-15-28-3/h7-12,17-18H,5-6,13-16,19H2,1-4H3/b25-18-. The van der Waals surface area contributed by atoms with Gasteiger partial charge in [0.1, 0.15) is 5.75 Å². The van der Waals surface area contributed by atoms with E-state index >= 15 is 0 Å². The molecule has 186 valence electrons. The first-order valence-corrected chi connectivity index (χ1v) is 11.2. The van der Waals surface area contributed by atoms with Crippen LogP contribution in [0.25, 0.3) is 6.08 Å². The Bertz CT molecular complexity index is 892. The van der Waals surface area contributed by atoms with Crippen LogP contribution in [-0.2, 0) is 30.2 Å². The minimum atomic E-state index is -0.501. The lowest BCUT2D eigenvalue weighted by Gasteiger charge is -2.12. The van der Waals surface area contributed by atoms with Crippen molar-refractivity contribution in [1.82, 2.24) is 0 Å². The third kappa shape index (κ3) is 9.33. The summed E-state index contributed by atoms with van der Waals surface area (Å²) in [6, 6.07) is 13.2. The van der Waals surface area contributed by atoms with Crippen LogP contribution in [0.3, 0.4) is 0 Å². The summed E-state index contributed by atoms with van der Waals surface area (Å²) < 4.78 is 37.6. The minimum absolute atomic E-state index is 0.147. The van der Waals surface area contributed by atoms with Crippen LogP contribution >= 0.6 is 0 Å². The van der Waals surface area contributed by atoms with Crippen LogP contribution in [0.5, 0.6) is 17.2 Å². The summed E-state index contributed by atoms with van der Waals surface area (Å²) in [5.41, 5.74) is 1.85. The maximum atomic E-state index is 12.1. The van der Waals surface area contributed by atoms with E-state index in [1.165, 1.54) is 0 Å². The Kier molecular flexibility index (Phi) is 12.4. The molecule has 8 nitrogen and oxygen atoms in total. The van der Waals surface area contributed by atoms with Gasteiger partial charge in [-0.25, -0.2) is 4.79 Å². The largest absolute Gasteiger partial charge is 0.493 e. The Morgan fingerprint density at radius 3 is 2.29 bits per heavy atom. The molecule has 0 saturated carbocycles. The Balaban J connectivity index is 1.91. The normalized spacial score (nSPS) is 11.1. The van der Waals surface area contributed by atoms with Gasteiger partial charge in [0.2, 0.25) is 5.76 Å². The predicted octanol–water partition coefficient (Wildman–Crippen LogP) is 4.26. The highest BCUT2D eigenvalue weighted by molar-refractivity contribution is 5.91. The summed E-state index contributed by atoms with van der Waals surface area (Å²) in [6.07, 6.45) is 2.34. The van der Waals surface area contributed by atoms with Crippen LogP contribution in [0.4, 0.5) is 0 Å². The van der Waals surface area contributed by atoms with Crippen LogP contribution < -0.4 is 14.2 Å². The fourth-order valence-electron chi connectivity index (χ4n) is 2.90. The maximum Gasteiger partial charge on any atom is 0.373 e. The summed E-state index contributed by atoms with van der Waals surface area (Å²) in [7, 11) is 3.20. The number of ether oxygens (including phenoxy) is 7. The summed E-state index contributed by atoms with van der Waals surface area (Å²) in [5, 5.41) is 0. The lowest BCUT2D eigenvalue weighted by molar-refractivity contribution is -0.142. The zero-order chi connectivity index (χ0) is 24.6. The van der Waals surface area contributed by atoms with Gasteiger partial charge in [-0.3, -0.25) is 0 Å². The number of esters is 1. The second-order valence-corrected chi connectivity index (χ2v) is 6.98. The smallest absolute Gasteiger partial charge is 0.373 e. The molecule has 0 amide bonds. The van der Waals surface area contributed by atoms with Crippen molar-refractivity contribution in [2.24, 2.45) is 0 Å². The van der Waals surface area contributed by atoms with Crippen molar-refractivity contribution in [3.63, 3.8) is 0 Å². The van der Waals surface area contributed by atoms with Gasteiger partial charge in [0.05, 0.1) is 40.1 Å². The first kappa shape index (κ1) is 27.0. The first-order valence-electron chi connectivity index (χ1n) is 11.2. The topological polar surface area (TPSA) is 81.7 Å². The second kappa shape index (κ2) is 15.6. The number of carbonyl (C=O) groups excluding carboxylic acids is 1. The summed E-state index contributed by atoms with van der Waals surface area (Å²) in [4.78, 5) is 12.1. The summed E-state index contributed by atoms with van der Waals surface area (Å²) >= 11 is 0. The Hall–Kier alpha value is -3.23. The van der Waals surface area contributed by atoms with Crippen molar-refractivity contribution in [2.75, 3.05) is 54.0 Å². The third-order valence-corrected chi connectivity index (χ3v) is 4.57. The zero-order valence-electron chi connectivity index (χ0n) is 20.3. The highest BCUT2D eigenvalue weighted by atomic mass is 16.7. The molecule has 0 saturated heterocycles. The molecule has 0 aliphatic heterocycles.